The first-order valence-electron chi connectivity index (χ1n) is 9.63. The molecule has 148 valence electrons. The van der Waals surface area contributed by atoms with E-state index in [0.717, 1.165) is 38.5 Å². The van der Waals surface area contributed by atoms with Crippen LogP contribution in [0.15, 0.2) is 65.1 Å². The van der Waals surface area contributed by atoms with Crippen molar-refractivity contribution in [1.29, 1.82) is 0 Å². The molecule has 1 atom stereocenters. The van der Waals surface area contributed by atoms with Gasteiger partial charge in [-0.05, 0) is 41.5 Å². The van der Waals surface area contributed by atoms with Crippen LogP contribution in [0.4, 0.5) is 5.69 Å². The monoisotopic (exact) mass is 396 g/mol. The van der Waals surface area contributed by atoms with Crippen LogP contribution in [0, 0.1) is 0 Å². The fraction of sp³-hybridized carbons (Fsp3) is 0.318. The molecule has 0 aliphatic carbocycles. The molecular weight excluding hydrogens is 368 g/mol. The zero-order chi connectivity index (χ0) is 19.4. The Bertz CT molecular complexity index is 845. The zero-order valence-corrected chi connectivity index (χ0v) is 17.4. The highest BCUT2D eigenvalue weighted by Gasteiger charge is 2.34. The van der Waals surface area contributed by atoms with Crippen LogP contribution in [-0.4, -0.2) is 57.2 Å². The third-order valence-electron chi connectivity index (χ3n) is 5.28. The summed E-state index contributed by atoms with van der Waals surface area (Å²) < 4.78 is 5.24. The number of methoxy groups -OCH3 is 1. The average molecular weight is 397 g/mol. The van der Waals surface area contributed by atoms with Gasteiger partial charge in [0.25, 0.3) is 0 Å². The molecule has 2 aliphatic heterocycles. The topological polar surface area (TPSA) is 40.1 Å². The third kappa shape index (κ3) is 4.34. The predicted octanol–water partition coefficient (Wildman–Crippen LogP) is 3.75. The molecule has 4 rings (SSSR count). The number of hydrazone groups is 1. The van der Waals surface area contributed by atoms with Crippen molar-refractivity contribution in [2.24, 2.45) is 5.10 Å². The van der Waals surface area contributed by atoms with Crippen LogP contribution in [-0.2, 0) is 0 Å². The lowest BCUT2D eigenvalue weighted by molar-refractivity contribution is 0.293. The van der Waals surface area contributed by atoms with Gasteiger partial charge in [0.05, 0.1) is 7.11 Å². The maximum atomic E-state index is 5.24. The van der Waals surface area contributed by atoms with Gasteiger partial charge in [0.15, 0.2) is 0 Å². The second kappa shape index (κ2) is 8.29. The summed E-state index contributed by atoms with van der Waals surface area (Å²) in [5, 5.41) is 6.82. The number of rotatable bonds is 7. The molecule has 0 spiro atoms. The van der Waals surface area contributed by atoms with Crippen molar-refractivity contribution in [3.05, 3.63) is 65.6 Å². The minimum atomic E-state index is -1.01. The second-order valence-electron chi connectivity index (χ2n) is 7.22. The minimum absolute atomic E-state index is 0.889. The van der Waals surface area contributed by atoms with Crippen molar-refractivity contribution in [2.75, 3.05) is 51.0 Å². The Labute approximate surface area is 169 Å². The number of ether oxygens (including phenoxy) is 1. The van der Waals surface area contributed by atoms with E-state index in [1.165, 1.54) is 16.2 Å². The summed E-state index contributed by atoms with van der Waals surface area (Å²) in [6, 6.07) is 18.9. The van der Waals surface area contributed by atoms with Gasteiger partial charge in [-0.25, -0.2) is 0 Å². The summed E-state index contributed by atoms with van der Waals surface area (Å²) in [6.45, 7) is 5.07. The van der Waals surface area contributed by atoms with E-state index in [2.05, 4.69) is 73.9 Å². The van der Waals surface area contributed by atoms with Crippen molar-refractivity contribution in [3.63, 3.8) is 0 Å². The molecule has 0 aromatic heterocycles. The highest BCUT2D eigenvalue weighted by Crippen LogP contribution is 2.69. The molecule has 2 aliphatic rings. The van der Waals surface area contributed by atoms with Crippen LogP contribution in [0.25, 0.3) is 4.91 Å². The number of anilines is 1. The fourth-order valence-electron chi connectivity index (χ4n) is 3.47. The largest absolute Gasteiger partial charge is 0.497 e. The minimum Gasteiger partial charge on any atom is -0.497 e. The Kier molecular flexibility index (Phi) is 5.59. The Balaban J connectivity index is 1.19. The number of piperazine rings is 1. The van der Waals surface area contributed by atoms with Gasteiger partial charge in [0, 0.05) is 49.5 Å². The Morgan fingerprint density at radius 3 is 2.43 bits per heavy atom. The van der Waals surface area contributed by atoms with Crippen molar-refractivity contribution in [2.45, 2.75) is 0 Å². The van der Waals surface area contributed by atoms with Crippen molar-refractivity contribution >= 4 is 27.0 Å². The van der Waals surface area contributed by atoms with Gasteiger partial charge in [0.2, 0.25) is 0 Å². The van der Waals surface area contributed by atoms with Crippen LogP contribution < -0.4 is 14.5 Å². The van der Waals surface area contributed by atoms with E-state index in [0.29, 0.717) is 0 Å². The lowest BCUT2D eigenvalue weighted by atomic mass is 10.2. The highest BCUT2D eigenvalue weighted by molar-refractivity contribution is 8.47. The molecule has 1 N–H and O–H groups in total. The molecule has 0 radical (unpaired) electrons. The van der Waals surface area contributed by atoms with Gasteiger partial charge in [-0.15, -0.1) is 10.2 Å². The van der Waals surface area contributed by atoms with Gasteiger partial charge >= 0.3 is 0 Å². The summed E-state index contributed by atoms with van der Waals surface area (Å²) in [7, 11) is 0.687. The summed E-state index contributed by atoms with van der Waals surface area (Å²) in [5.74, 6) is 0.905. The van der Waals surface area contributed by atoms with E-state index in [9.17, 15) is 0 Å². The van der Waals surface area contributed by atoms with E-state index in [4.69, 9.17) is 4.74 Å². The van der Waals surface area contributed by atoms with Crippen molar-refractivity contribution in [3.8, 4) is 5.75 Å². The van der Waals surface area contributed by atoms with Crippen LogP contribution in [0.5, 0.6) is 5.75 Å². The van der Waals surface area contributed by atoms with Crippen LogP contribution in [0.2, 0.25) is 0 Å². The van der Waals surface area contributed by atoms with Gasteiger partial charge in [-0.3, -0.25) is 9.73 Å². The van der Waals surface area contributed by atoms with Crippen molar-refractivity contribution < 1.29 is 4.74 Å². The first-order valence-corrected chi connectivity index (χ1v) is 11.7. The molecule has 1 unspecified atom stereocenters. The number of hydrogen-bond acceptors (Lipinski definition) is 5. The van der Waals surface area contributed by atoms with E-state index >= 15 is 0 Å². The number of hydrogen-bond donors (Lipinski definition) is 1. The molecule has 1 fully saturated rings. The molecule has 2 aromatic carbocycles. The summed E-state index contributed by atoms with van der Waals surface area (Å²) in [5.41, 5.74) is 2.57. The van der Waals surface area contributed by atoms with Crippen molar-refractivity contribution in [1.82, 2.24) is 9.73 Å². The maximum Gasteiger partial charge on any atom is 0.119 e. The van der Waals surface area contributed by atoms with Gasteiger partial charge in [0.1, 0.15) is 5.75 Å². The molecule has 2 heterocycles. The smallest absolute Gasteiger partial charge is 0.119 e. The number of nitrogens with one attached hydrogen (secondary N) is 1. The molecule has 5 nitrogen and oxygen atoms in total. The predicted molar refractivity (Wildman–Crippen MR) is 121 cm³/mol. The molecule has 28 heavy (non-hydrogen) atoms. The molecule has 0 bridgehead atoms. The summed E-state index contributed by atoms with van der Waals surface area (Å²) in [6.07, 6.45) is 4.26. The lowest BCUT2D eigenvalue weighted by Crippen LogP contribution is -2.46. The molecular formula is C22H28N4OS. The molecule has 2 aromatic rings. The van der Waals surface area contributed by atoms with Gasteiger partial charge in [-0.2, -0.15) is 5.10 Å². The average Bonchev–Trinajstić information content (AvgIpc) is 3.44. The quantitative estimate of drug-likeness (QED) is 0.572. The Hall–Kier alpha value is -2.44. The molecule has 6 heteroatoms. The second-order valence-corrected chi connectivity index (χ2v) is 10.0. The first kappa shape index (κ1) is 18.9. The number of benzene rings is 2. The zero-order valence-electron chi connectivity index (χ0n) is 16.5. The van der Waals surface area contributed by atoms with Crippen LogP contribution in [0.1, 0.15) is 5.56 Å². The molecule has 0 amide bonds. The van der Waals surface area contributed by atoms with Crippen LogP contribution >= 0.6 is 10.2 Å². The first-order chi connectivity index (χ1) is 13.7. The standard InChI is InChI=1S/C22H28N4OS/c1-27-21-10-8-20(9-11-21)26-16-14-25(15-17-26)13-12-23-24-28(2)18-22(28)19-6-4-3-5-7-19/h3-12,18,24H,13-17H2,1-2H3/b23-12+. The van der Waals surface area contributed by atoms with Crippen LogP contribution in [0.3, 0.4) is 0 Å². The van der Waals surface area contributed by atoms with E-state index in [1.54, 1.807) is 7.11 Å². The van der Waals surface area contributed by atoms with Gasteiger partial charge in [-0.1, -0.05) is 30.3 Å². The highest BCUT2D eigenvalue weighted by atomic mass is 32.3. The number of nitrogens with zero attached hydrogens (tertiary/aromatic N) is 3. The molecule has 0 saturated carbocycles. The van der Waals surface area contributed by atoms with Gasteiger partial charge < -0.3 is 9.64 Å². The lowest BCUT2D eigenvalue weighted by Gasteiger charge is -2.35. The van der Waals surface area contributed by atoms with E-state index in [-0.39, 0.29) is 0 Å². The summed E-state index contributed by atoms with van der Waals surface area (Å²) in [4.78, 5) is 9.65. The SMILES string of the molecule is COc1ccc(N2CCN(C/C=N/NS3(C)C=C3c3ccccc3)CC2)cc1. The third-order valence-corrected chi connectivity index (χ3v) is 7.49. The fourth-order valence-corrected chi connectivity index (χ4v) is 5.48. The Morgan fingerprint density at radius 2 is 1.75 bits per heavy atom. The molecule has 1 saturated heterocycles. The Morgan fingerprint density at radius 1 is 1.04 bits per heavy atom. The van der Waals surface area contributed by atoms with E-state index < -0.39 is 10.2 Å². The normalized spacial score (nSPS) is 24.5. The van der Waals surface area contributed by atoms with E-state index in [1.807, 2.05) is 18.3 Å². The summed E-state index contributed by atoms with van der Waals surface area (Å²) >= 11 is 0. The maximum absolute atomic E-state index is 5.24.